The number of hydrogen-bond acceptors (Lipinski definition) is 8. The molecule has 0 spiro atoms. The number of nitrogens with one attached hydrogen (secondary N) is 2. The first-order valence-electron chi connectivity index (χ1n) is 11.1. The Morgan fingerprint density at radius 3 is 2.83 bits per heavy atom. The van der Waals surface area contributed by atoms with E-state index in [-0.39, 0.29) is 5.91 Å². The highest BCUT2D eigenvalue weighted by Crippen LogP contribution is 2.40. The molecule has 1 aromatic carbocycles. The second-order valence-corrected chi connectivity index (χ2v) is 8.73. The number of carbonyl (C=O) groups excluding carboxylic acids is 1. The maximum atomic E-state index is 13.6. The first-order chi connectivity index (χ1) is 17.1. The van der Waals surface area contributed by atoms with Crippen molar-refractivity contribution in [3.05, 3.63) is 77.1 Å². The minimum atomic E-state index is -0.547. The minimum Gasteiger partial charge on any atom is -0.493 e. The smallest absolute Gasteiger partial charge is 0.255 e. The second-order valence-electron chi connectivity index (χ2n) is 7.79. The van der Waals surface area contributed by atoms with Crippen molar-refractivity contribution in [2.24, 2.45) is 0 Å². The number of aromatic nitrogens is 4. The number of carbonyl (C=O) groups is 1. The fourth-order valence-corrected chi connectivity index (χ4v) is 4.68. The number of ether oxygens (including phenoxy) is 2. The summed E-state index contributed by atoms with van der Waals surface area (Å²) in [5.41, 5.74) is 2.60. The Balaban J connectivity index is 1.62. The number of hydrogen-bond donors (Lipinski definition) is 2. The van der Waals surface area contributed by atoms with Crippen molar-refractivity contribution in [3.63, 3.8) is 0 Å². The zero-order chi connectivity index (χ0) is 24.4. The molecule has 4 heterocycles. The van der Waals surface area contributed by atoms with Crippen molar-refractivity contribution < 1.29 is 14.3 Å². The summed E-state index contributed by atoms with van der Waals surface area (Å²) in [7, 11) is 1.59. The Kier molecular flexibility index (Phi) is 6.19. The van der Waals surface area contributed by atoms with Crippen LogP contribution in [0, 0.1) is 0 Å². The lowest BCUT2D eigenvalue weighted by Gasteiger charge is -2.29. The van der Waals surface area contributed by atoms with Gasteiger partial charge in [-0.15, -0.1) is 16.4 Å². The van der Waals surface area contributed by atoms with E-state index in [0.717, 1.165) is 10.4 Å². The lowest BCUT2D eigenvalue weighted by molar-refractivity contribution is -0.113. The molecule has 5 rings (SSSR count). The van der Waals surface area contributed by atoms with E-state index in [1.54, 1.807) is 47.7 Å². The van der Waals surface area contributed by atoms with Gasteiger partial charge in [0.1, 0.15) is 6.04 Å². The van der Waals surface area contributed by atoms with Gasteiger partial charge in [0, 0.05) is 11.9 Å². The van der Waals surface area contributed by atoms with Crippen LogP contribution in [0.4, 0.5) is 11.6 Å². The van der Waals surface area contributed by atoms with Crippen molar-refractivity contribution in [2.75, 3.05) is 24.4 Å². The fraction of sp³-hybridized carbons (Fsp3) is 0.200. The zero-order valence-corrected chi connectivity index (χ0v) is 20.3. The average Bonchev–Trinajstić information content (AvgIpc) is 3.54. The summed E-state index contributed by atoms with van der Waals surface area (Å²) in [6, 6.07) is 12.6. The fourth-order valence-electron chi connectivity index (χ4n) is 4.03. The Morgan fingerprint density at radius 1 is 1.23 bits per heavy atom. The van der Waals surface area contributed by atoms with E-state index in [2.05, 4.69) is 15.6 Å². The number of thiophene rings is 1. The Labute approximate surface area is 206 Å². The van der Waals surface area contributed by atoms with Gasteiger partial charge in [-0.25, -0.2) is 4.68 Å². The molecule has 35 heavy (non-hydrogen) atoms. The van der Waals surface area contributed by atoms with Gasteiger partial charge in [0.2, 0.25) is 5.95 Å². The van der Waals surface area contributed by atoms with Crippen molar-refractivity contribution in [1.82, 2.24) is 19.7 Å². The van der Waals surface area contributed by atoms with Crippen molar-refractivity contribution >= 4 is 28.9 Å². The summed E-state index contributed by atoms with van der Waals surface area (Å²) in [5.74, 6) is 2.09. The largest absolute Gasteiger partial charge is 0.493 e. The van der Waals surface area contributed by atoms with Gasteiger partial charge in [0.15, 0.2) is 17.3 Å². The molecule has 0 unspecified atom stereocenters. The number of benzene rings is 1. The molecule has 0 fully saturated rings. The molecule has 3 aromatic heterocycles. The highest BCUT2D eigenvalue weighted by atomic mass is 32.1. The van der Waals surface area contributed by atoms with E-state index < -0.39 is 6.04 Å². The van der Waals surface area contributed by atoms with Crippen LogP contribution in [-0.2, 0) is 4.79 Å². The molecule has 1 amide bonds. The quantitative estimate of drug-likeness (QED) is 0.387. The minimum absolute atomic E-state index is 0.264. The van der Waals surface area contributed by atoms with E-state index >= 15 is 0 Å². The molecule has 9 nitrogen and oxygen atoms in total. The third-order valence-corrected chi connectivity index (χ3v) is 6.43. The highest BCUT2D eigenvalue weighted by molar-refractivity contribution is 7.13. The number of pyridine rings is 1. The van der Waals surface area contributed by atoms with Crippen LogP contribution in [0.5, 0.6) is 11.5 Å². The topological polar surface area (TPSA) is 103 Å². The van der Waals surface area contributed by atoms with Gasteiger partial charge < -0.3 is 20.1 Å². The molecule has 10 heteroatoms. The molecule has 1 aliphatic heterocycles. The summed E-state index contributed by atoms with van der Waals surface area (Å²) < 4.78 is 13.0. The van der Waals surface area contributed by atoms with Gasteiger partial charge in [-0.3, -0.25) is 9.78 Å². The number of allylic oxidation sites excluding steroid dienone is 1. The molecule has 0 saturated heterocycles. The first kappa shape index (κ1) is 22.6. The third-order valence-electron chi connectivity index (χ3n) is 5.56. The van der Waals surface area contributed by atoms with Gasteiger partial charge in [-0.1, -0.05) is 12.1 Å². The van der Waals surface area contributed by atoms with E-state index in [1.807, 2.05) is 49.6 Å². The van der Waals surface area contributed by atoms with Gasteiger partial charge in [0.05, 0.1) is 36.1 Å². The number of nitrogens with zero attached hydrogens (tertiary/aromatic N) is 4. The normalized spacial score (nSPS) is 14.8. The molecule has 0 bridgehead atoms. The number of rotatable bonds is 7. The Hall–Kier alpha value is -4.18. The Bertz CT molecular complexity index is 1380. The summed E-state index contributed by atoms with van der Waals surface area (Å²) in [6.45, 7) is 4.29. The molecule has 4 aromatic rings. The van der Waals surface area contributed by atoms with Crippen LogP contribution < -0.4 is 20.1 Å². The van der Waals surface area contributed by atoms with Crippen LogP contribution in [0.3, 0.4) is 0 Å². The SMILES string of the molecule is CCOc1ccc([C@@H]2C(C(=O)Nc3cccnc3)=C(C)Nc3nc(-c4cccs4)nn32)cc1OC. The zero-order valence-electron chi connectivity index (χ0n) is 19.5. The molecule has 178 valence electrons. The molecule has 1 atom stereocenters. The average molecular weight is 489 g/mol. The highest BCUT2D eigenvalue weighted by Gasteiger charge is 2.35. The molecular weight excluding hydrogens is 464 g/mol. The van der Waals surface area contributed by atoms with Crippen LogP contribution in [0.25, 0.3) is 10.7 Å². The van der Waals surface area contributed by atoms with Crippen LogP contribution in [0.15, 0.2) is 71.5 Å². The predicted molar refractivity (Wildman–Crippen MR) is 135 cm³/mol. The summed E-state index contributed by atoms with van der Waals surface area (Å²) >= 11 is 1.56. The maximum absolute atomic E-state index is 13.6. The van der Waals surface area contributed by atoms with Gasteiger partial charge in [0.25, 0.3) is 5.91 Å². The standard InChI is InChI=1S/C25H24N6O3S/c1-4-34-18-10-9-16(13-19(18)33-3)22-21(24(32)28-17-7-5-11-26-14-17)15(2)27-25-29-23(30-31(22)25)20-8-6-12-35-20/h5-14,22H,4H2,1-3H3,(H,28,32)(H,27,29,30)/t22-/m1/s1. The van der Waals surface area contributed by atoms with Gasteiger partial charge >= 0.3 is 0 Å². The summed E-state index contributed by atoms with van der Waals surface area (Å²) in [4.78, 5) is 23.3. The van der Waals surface area contributed by atoms with Crippen molar-refractivity contribution in [3.8, 4) is 22.2 Å². The molecule has 0 saturated carbocycles. The lowest BCUT2D eigenvalue weighted by Crippen LogP contribution is -2.31. The Morgan fingerprint density at radius 2 is 2.11 bits per heavy atom. The molecule has 2 N–H and O–H groups in total. The van der Waals surface area contributed by atoms with Crippen LogP contribution in [0.2, 0.25) is 0 Å². The van der Waals surface area contributed by atoms with Crippen molar-refractivity contribution in [2.45, 2.75) is 19.9 Å². The van der Waals surface area contributed by atoms with E-state index in [1.165, 1.54) is 0 Å². The summed E-state index contributed by atoms with van der Waals surface area (Å²) in [6.07, 6.45) is 3.26. The molecule has 1 aliphatic rings. The number of methoxy groups -OCH3 is 1. The van der Waals surface area contributed by atoms with E-state index in [4.69, 9.17) is 19.6 Å². The monoisotopic (exact) mass is 488 g/mol. The second kappa shape index (κ2) is 9.59. The maximum Gasteiger partial charge on any atom is 0.255 e. The predicted octanol–water partition coefficient (Wildman–Crippen LogP) is 4.74. The van der Waals surface area contributed by atoms with Gasteiger partial charge in [-0.05, 0) is 55.1 Å². The molecule has 0 radical (unpaired) electrons. The number of anilines is 2. The molecule has 0 aliphatic carbocycles. The van der Waals surface area contributed by atoms with Crippen molar-refractivity contribution in [1.29, 1.82) is 0 Å². The summed E-state index contributed by atoms with van der Waals surface area (Å²) in [5, 5.41) is 13.0. The van der Waals surface area contributed by atoms with Crippen LogP contribution >= 0.6 is 11.3 Å². The number of amides is 1. The van der Waals surface area contributed by atoms with E-state index in [0.29, 0.717) is 46.8 Å². The molecular formula is C25H24N6O3S. The number of fused-ring (bicyclic) bond motifs is 1. The van der Waals surface area contributed by atoms with Crippen LogP contribution in [-0.4, -0.2) is 39.4 Å². The first-order valence-corrected chi connectivity index (χ1v) is 12.0. The van der Waals surface area contributed by atoms with E-state index in [9.17, 15) is 4.79 Å². The van der Waals surface area contributed by atoms with Gasteiger partial charge in [-0.2, -0.15) is 4.98 Å². The lowest BCUT2D eigenvalue weighted by atomic mass is 9.94. The van der Waals surface area contributed by atoms with Crippen LogP contribution in [0.1, 0.15) is 25.5 Å². The third kappa shape index (κ3) is 4.35.